The molecule has 0 heterocycles. The third-order valence-corrected chi connectivity index (χ3v) is 5.22. The molecule has 7 heteroatoms. The summed E-state index contributed by atoms with van der Waals surface area (Å²) >= 11 is 0. The fraction of sp³-hybridized carbons (Fsp3) is 0.826. The second-order valence-corrected chi connectivity index (χ2v) is 10.2. The van der Waals surface area contributed by atoms with Gasteiger partial charge in [0, 0.05) is 0 Å². The van der Waals surface area contributed by atoms with E-state index in [0.29, 0.717) is 18.8 Å². The molecule has 0 radical (unpaired) electrons. The fourth-order valence-corrected chi connectivity index (χ4v) is 3.83. The Bertz CT molecular complexity index is 603. The molecule has 1 fully saturated rings. The van der Waals surface area contributed by atoms with Gasteiger partial charge in [-0.3, -0.25) is 14.4 Å². The number of carbonyl (C=O) groups excluding carboxylic acids is 4. The molecule has 0 aromatic carbocycles. The van der Waals surface area contributed by atoms with Crippen LogP contribution >= 0.6 is 0 Å². The summed E-state index contributed by atoms with van der Waals surface area (Å²) in [7, 11) is 0. The summed E-state index contributed by atoms with van der Waals surface area (Å²) < 4.78 is 16.2. The third kappa shape index (κ3) is 6.54. The summed E-state index contributed by atoms with van der Waals surface area (Å²) in [5, 5.41) is 0. The van der Waals surface area contributed by atoms with Crippen LogP contribution in [0.2, 0.25) is 0 Å². The Kier molecular flexibility index (Phi) is 8.64. The van der Waals surface area contributed by atoms with Gasteiger partial charge in [-0.2, -0.15) is 0 Å². The van der Waals surface area contributed by atoms with Crippen molar-refractivity contribution >= 4 is 24.2 Å². The normalized spacial score (nSPS) is 21.3. The van der Waals surface area contributed by atoms with E-state index >= 15 is 0 Å². The lowest BCUT2D eigenvalue weighted by Crippen LogP contribution is -2.57. The van der Waals surface area contributed by atoms with E-state index in [-0.39, 0.29) is 18.8 Å². The monoisotopic (exact) mass is 426 g/mol. The quantitative estimate of drug-likeness (QED) is 0.264. The highest BCUT2D eigenvalue weighted by molar-refractivity contribution is 6.16. The zero-order valence-corrected chi connectivity index (χ0v) is 19.7. The summed E-state index contributed by atoms with van der Waals surface area (Å²) in [6.07, 6.45) is 3.10. The van der Waals surface area contributed by atoms with Gasteiger partial charge in [0.2, 0.25) is 5.41 Å². The molecule has 172 valence electrons. The minimum Gasteiger partial charge on any atom is -0.466 e. The maximum Gasteiger partial charge on any atom is 0.332 e. The predicted molar refractivity (Wildman–Crippen MR) is 111 cm³/mol. The second-order valence-electron chi connectivity index (χ2n) is 10.2. The van der Waals surface area contributed by atoms with Crippen LogP contribution in [0.25, 0.3) is 0 Å². The van der Waals surface area contributed by atoms with E-state index in [9.17, 15) is 19.2 Å². The first-order chi connectivity index (χ1) is 13.7. The molecule has 1 aliphatic carbocycles. The van der Waals surface area contributed by atoms with Crippen molar-refractivity contribution < 1.29 is 33.4 Å². The summed E-state index contributed by atoms with van der Waals surface area (Å²) in [6, 6.07) is 0. The van der Waals surface area contributed by atoms with E-state index in [2.05, 4.69) is 6.92 Å². The van der Waals surface area contributed by atoms with E-state index in [4.69, 9.17) is 14.2 Å². The number of hydrogen-bond acceptors (Lipinski definition) is 7. The number of ether oxygens (including phenoxy) is 3. The van der Waals surface area contributed by atoms with Gasteiger partial charge in [0.1, 0.15) is 17.5 Å². The standard InChI is InChI=1S/C23H38O7/c1-9-28-18(25)17(16-12-10-15(2)11-13-16)23(14-24,19(26)29-21(3,4)5)20(27)30-22(6,7)8/h14-17H,9-13H2,1-8H3. The maximum absolute atomic E-state index is 13.3. The number of esters is 3. The zero-order valence-electron chi connectivity index (χ0n) is 19.7. The Morgan fingerprint density at radius 3 is 1.67 bits per heavy atom. The summed E-state index contributed by atoms with van der Waals surface area (Å²) in [5.74, 6) is -4.09. The molecule has 0 aromatic rings. The molecule has 0 spiro atoms. The van der Waals surface area contributed by atoms with Crippen molar-refractivity contribution in [2.75, 3.05) is 6.61 Å². The van der Waals surface area contributed by atoms with E-state index in [1.807, 2.05) is 0 Å². The first-order valence-corrected chi connectivity index (χ1v) is 10.8. The molecule has 0 bridgehead atoms. The zero-order chi connectivity index (χ0) is 23.3. The van der Waals surface area contributed by atoms with Crippen molar-refractivity contribution in [1.29, 1.82) is 0 Å². The van der Waals surface area contributed by atoms with E-state index < -0.39 is 40.4 Å². The van der Waals surface area contributed by atoms with Gasteiger partial charge in [-0.25, -0.2) is 0 Å². The molecule has 1 aliphatic rings. The summed E-state index contributed by atoms with van der Waals surface area (Å²) in [5.41, 5.74) is -4.35. The van der Waals surface area contributed by atoms with Crippen LogP contribution in [0.3, 0.4) is 0 Å². The average molecular weight is 427 g/mol. The van der Waals surface area contributed by atoms with Crippen molar-refractivity contribution in [3.63, 3.8) is 0 Å². The summed E-state index contributed by atoms with van der Waals surface area (Å²) in [4.78, 5) is 52.3. The Hall–Kier alpha value is -1.92. The van der Waals surface area contributed by atoms with E-state index in [0.717, 1.165) is 12.8 Å². The van der Waals surface area contributed by atoms with E-state index in [1.54, 1.807) is 48.5 Å². The van der Waals surface area contributed by atoms with Crippen LogP contribution in [0.1, 0.15) is 81.1 Å². The van der Waals surface area contributed by atoms with Crippen molar-refractivity contribution in [3.8, 4) is 0 Å². The van der Waals surface area contributed by atoms with Gasteiger partial charge in [0.25, 0.3) is 0 Å². The highest BCUT2D eigenvalue weighted by Crippen LogP contribution is 2.44. The highest BCUT2D eigenvalue weighted by atomic mass is 16.6. The smallest absolute Gasteiger partial charge is 0.332 e. The van der Waals surface area contributed by atoms with Crippen LogP contribution in [0.5, 0.6) is 0 Å². The third-order valence-electron chi connectivity index (χ3n) is 5.22. The molecule has 0 amide bonds. The van der Waals surface area contributed by atoms with Crippen LogP contribution in [0.4, 0.5) is 0 Å². The second kappa shape index (κ2) is 9.92. The van der Waals surface area contributed by atoms with Crippen LogP contribution in [-0.4, -0.2) is 42.0 Å². The first kappa shape index (κ1) is 26.1. The Morgan fingerprint density at radius 2 is 1.33 bits per heavy atom. The minimum absolute atomic E-state index is 0.0655. The summed E-state index contributed by atoms with van der Waals surface area (Å²) in [6.45, 7) is 13.6. The van der Waals surface area contributed by atoms with Crippen LogP contribution in [0, 0.1) is 23.2 Å². The van der Waals surface area contributed by atoms with Crippen LogP contribution in [-0.2, 0) is 33.4 Å². The van der Waals surface area contributed by atoms with Gasteiger partial charge in [-0.1, -0.05) is 19.8 Å². The molecule has 0 aliphatic heterocycles. The van der Waals surface area contributed by atoms with Crippen LogP contribution < -0.4 is 0 Å². The van der Waals surface area contributed by atoms with Gasteiger partial charge in [0.15, 0.2) is 0 Å². The Labute approximate surface area is 180 Å². The highest BCUT2D eigenvalue weighted by Gasteiger charge is 2.62. The van der Waals surface area contributed by atoms with Crippen molar-refractivity contribution in [2.24, 2.45) is 23.2 Å². The van der Waals surface area contributed by atoms with Gasteiger partial charge in [-0.15, -0.1) is 0 Å². The largest absolute Gasteiger partial charge is 0.466 e. The van der Waals surface area contributed by atoms with Gasteiger partial charge in [-0.05, 0) is 73.1 Å². The molecular weight excluding hydrogens is 388 g/mol. The number of carbonyl (C=O) groups is 4. The average Bonchev–Trinajstić information content (AvgIpc) is 2.57. The number of hydrogen-bond donors (Lipinski definition) is 0. The van der Waals surface area contributed by atoms with Gasteiger partial charge < -0.3 is 19.0 Å². The predicted octanol–water partition coefficient (Wildman–Crippen LogP) is 3.86. The minimum atomic E-state index is -2.42. The molecule has 30 heavy (non-hydrogen) atoms. The lowest BCUT2D eigenvalue weighted by atomic mass is 9.64. The number of rotatable bonds is 7. The van der Waals surface area contributed by atoms with Crippen molar-refractivity contribution in [3.05, 3.63) is 0 Å². The molecule has 1 rings (SSSR count). The SMILES string of the molecule is CCOC(=O)C(C1CCC(C)CC1)C(C=O)(C(=O)OC(C)(C)C)C(=O)OC(C)(C)C. The van der Waals surface area contributed by atoms with Gasteiger partial charge >= 0.3 is 17.9 Å². The molecular formula is C23H38O7. The fourth-order valence-electron chi connectivity index (χ4n) is 3.83. The molecule has 1 atom stereocenters. The van der Waals surface area contributed by atoms with Crippen molar-refractivity contribution in [1.82, 2.24) is 0 Å². The van der Waals surface area contributed by atoms with Gasteiger partial charge in [0.05, 0.1) is 12.5 Å². The topological polar surface area (TPSA) is 96.0 Å². The molecule has 0 aromatic heterocycles. The number of aldehydes is 1. The Morgan fingerprint density at radius 1 is 0.900 bits per heavy atom. The van der Waals surface area contributed by atoms with Crippen LogP contribution in [0.15, 0.2) is 0 Å². The molecule has 1 saturated carbocycles. The molecule has 1 unspecified atom stereocenters. The molecule has 7 nitrogen and oxygen atoms in total. The molecule has 0 N–H and O–H groups in total. The van der Waals surface area contributed by atoms with Crippen molar-refractivity contribution in [2.45, 2.75) is 92.3 Å². The first-order valence-electron chi connectivity index (χ1n) is 10.8. The van der Waals surface area contributed by atoms with E-state index in [1.165, 1.54) is 0 Å². The lowest BCUT2D eigenvalue weighted by molar-refractivity contribution is -0.196. The molecule has 0 saturated heterocycles. The maximum atomic E-state index is 13.3. The lowest BCUT2D eigenvalue weighted by Gasteiger charge is -2.40. The Balaban J connectivity index is 3.60.